The normalized spacial score (nSPS) is 12.8. The van der Waals surface area contributed by atoms with Crippen molar-refractivity contribution in [1.82, 2.24) is 4.98 Å². The topological polar surface area (TPSA) is 33.1 Å². The van der Waals surface area contributed by atoms with Crippen molar-refractivity contribution in [2.24, 2.45) is 0 Å². The van der Waals surface area contributed by atoms with Gasteiger partial charge in [-0.1, -0.05) is 13.8 Å². The number of thioether (sulfide) groups is 1. The van der Waals surface area contributed by atoms with E-state index in [2.05, 4.69) is 11.9 Å². The number of aromatic nitrogens is 1. The molecular formula is C11H17NOS. The molecule has 14 heavy (non-hydrogen) atoms. The minimum absolute atomic E-state index is 0.416. The van der Waals surface area contributed by atoms with Gasteiger partial charge >= 0.3 is 0 Å². The molecule has 0 bridgehead atoms. The van der Waals surface area contributed by atoms with Gasteiger partial charge < -0.3 is 5.11 Å². The van der Waals surface area contributed by atoms with Gasteiger partial charge in [0.1, 0.15) is 0 Å². The number of rotatable bonds is 5. The molecule has 0 aliphatic rings. The molecular weight excluding hydrogens is 194 g/mol. The van der Waals surface area contributed by atoms with Crippen molar-refractivity contribution < 1.29 is 5.11 Å². The van der Waals surface area contributed by atoms with Crippen LogP contribution in [0.1, 0.15) is 38.5 Å². The molecule has 1 rings (SSSR count). The Morgan fingerprint density at radius 3 is 2.71 bits per heavy atom. The second-order valence-corrected chi connectivity index (χ2v) is 4.36. The highest BCUT2D eigenvalue weighted by atomic mass is 32.2. The van der Waals surface area contributed by atoms with Crippen LogP contribution in [0.25, 0.3) is 0 Å². The van der Waals surface area contributed by atoms with Gasteiger partial charge in [-0.2, -0.15) is 0 Å². The molecule has 0 radical (unpaired) electrons. The molecule has 3 heteroatoms. The third-order valence-corrected chi connectivity index (χ3v) is 3.15. The van der Waals surface area contributed by atoms with E-state index in [1.54, 1.807) is 11.8 Å². The molecule has 0 aliphatic heterocycles. The zero-order valence-electron chi connectivity index (χ0n) is 8.73. The summed E-state index contributed by atoms with van der Waals surface area (Å²) in [5, 5.41) is 9.53. The quantitative estimate of drug-likeness (QED) is 0.760. The average Bonchev–Trinajstić information content (AvgIpc) is 2.26. The van der Waals surface area contributed by atoms with Crippen LogP contribution >= 0.6 is 11.8 Å². The van der Waals surface area contributed by atoms with Crippen molar-refractivity contribution in [2.75, 3.05) is 5.75 Å². The van der Waals surface area contributed by atoms with Gasteiger partial charge in [-0.3, -0.25) is 4.98 Å². The van der Waals surface area contributed by atoms with E-state index in [1.165, 1.54) is 11.3 Å². The lowest BCUT2D eigenvalue weighted by Crippen LogP contribution is -1.97. The number of hydrogen-bond donors (Lipinski definition) is 1. The molecule has 1 N–H and O–H groups in total. The Kier molecular flexibility index (Phi) is 4.98. The van der Waals surface area contributed by atoms with Gasteiger partial charge in [0.05, 0.1) is 11.8 Å². The smallest absolute Gasteiger partial charge is 0.0957 e. The largest absolute Gasteiger partial charge is 0.387 e. The molecule has 1 aromatic rings. The molecule has 0 saturated carbocycles. The average molecular weight is 211 g/mol. The summed E-state index contributed by atoms with van der Waals surface area (Å²) in [6.45, 7) is 4.11. The fourth-order valence-corrected chi connectivity index (χ4v) is 1.83. The zero-order valence-corrected chi connectivity index (χ0v) is 9.55. The summed E-state index contributed by atoms with van der Waals surface area (Å²) in [4.78, 5) is 5.41. The second-order valence-electron chi connectivity index (χ2n) is 3.19. The third kappa shape index (κ3) is 3.31. The van der Waals surface area contributed by atoms with Crippen molar-refractivity contribution in [2.45, 2.75) is 37.7 Å². The number of nitrogens with zero attached hydrogens (tertiary/aromatic N) is 1. The summed E-state index contributed by atoms with van der Waals surface area (Å²) in [6, 6.07) is 3.94. The first-order valence-corrected chi connectivity index (χ1v) is 6.03. The molecule has 0 aromatic carbocycles. The number of pyridine rings is 1. The van der Waals surface area contributed by atoms with Gasteiger partial charge in [-0.05, 0) is 30.7 Å². The van der Waals surface area contributed by atoms with Crippen molar-refractivity contribution in [3.63, 3.8) is 0 Å². The van der Waals surface area contributed by atoms with Crippen LogP contribution in [0.15, 0.2) is 23.2 Å². The molecule has 0 spiro atoms. The Hall–Kier alpha value is -0.540. The highest BCUT2D eigenvalue weighted by molar-refractivity contribution is 7.99. The maximum atomic E-state index is 9.53. The SMILES string of the molecule is CCCSc1ccc(C(O)CC)nc1. The van der Waals surface area contributed by atoms with E-state index in [9.17, 15) is 5.11 Å². The summed E-state index contributed by atoms with van der Waals surface area (Å²) >= 11 is 1.80. The van der Waals surface area contributed by atoms with Crippen molar-refractivity contribution in [3.8, 4) is 0 Å². The molecule has 1 atom stereocenters. The van der Waals surface area contributed by atoms with Crippen molar-refractivity contribution in [3.05, 3.63) is 24.0 Å². The molecule has 1 aromatic heterocycles. The van der Waals surface area contributed by atoms with Crippen LogP contribution in [-0.4, -0.2) is 15.8 Å². The van der Waals surface area contributed by atoms with E-state index >= 15 is 0 Å². The van der Waals surface area contributed by atoms with Crippen LogP contribution < -0.4 is 0 Å². The van der Waals surface area contributed by atoms with Gasteiger partial charge in [0.2, 0.25) is 0 Å². The second kappa shape index (κ2) is 6.04. The fourth-order valence-electron chi connectivity index (χ4n) is 1.10. The molecule has 0 fully saturated rings. The first-order valence-electron chi connectivity index (χ1n) is 5.04. The van der Waals surface area contributed by atoms with Crippen LogP contribution in [0, 0.1) is 0 Å². The molecule has 2 nitrogen and oxygen atoms in total. The standard InChI is InChI=1S/C11H17NOS/c1-3-7-14-9-5-6-10(12-8-9)11(13)4-2/h5-6,8,11,13H,3-4,7H2,1-2H3. The summed E-state index contributed by atoms with van der Waals surface area (Å²) < 4.78 is 0. The summed E-state index contributed by atoms with van der Waals surface area (Å²) in [6.07, 6.45) is 3.31. The van der Waals surface area contributed by atoms with E-state index < -0.39 is 6.10 Å². The number of hydrogen-bond acceptors (Lipinski definition) is 3. The maximum Gasteiger partial charge on any atom is 0.0957 e. The first kappa shape index (κ1) is 11.5. The Bertz CT molecular complexity index is 260. The van der Waals surface area contributed by atoms with E-state index in [-0.39, 0.29) is 0 Å². The van der Waals surface area contributed by atoms with Crippen LogP contribution in [0.3, 0.4) is 0 Å². The maximum absolute atomic E-state index is 9.53. The lowest BCUT2D eigenvalue weighted by molar-refractivity contribution is 0.169. The van der Waals surface area contributed by atoms with Gasteiger partial charge in [-0.25, -0.2) is 0 Å². The Labute approximate surface area is 89.8 Å². The fraction of sp³-hybridized carbons (Fsp3) is 0.545. The summed E-state index contributed by atoms with van der Waals surface area (Å²) in [7, 11) is 0. The van der Waals surface area contributed by atoms with E-state index in [4.69, 9.17) is 0 Å². The highest BCUT2D eigenvalue weighted by Crippen LogP contribution is 2.20. The Morgan fingerprint density at radius 2 is 2.21 bits per heavy atom. The Balaban J connectivity index is 2.59. The molecule has 78 valence electrons. The predicted molar refractivity (Wildman–Crippen MR) is 60.5 cm³/mol. The van der Waals surface area contributed by atoms with Gasteiger partial charge in [0, 0.05) is 11.1 Å². The molecule has 1 unspecified atom stereocenters. The lowest BCUT2D eigenvalue weighted by atomic mass is 10.2. The molecule has 0 saturated heterocycles. The van der Waals surface area contributed by atoms with E-state index in [0.717, 1.165) is 11.4 Å². The molecule has 0 aliphatic carbocycles. The number of aliphatic hydroxyl groups is 1. The van der Waals surface area contributed by atoms with Crippen molar-refractivity contribution >= 4 is 11.8 Å². The molecule has 0 amide bonds. The molecule has 1 heterocycles. The summed E-state index contributed by atoms with van der Waals surface area (Å²) in [5.74, 6) is 1.12. The van der Waals surface area contributed by atoms with Gasteiger partial charge in [0.25, 0.3) is 0 Å². The minimum Gasteiger partial charge on any atom is -0.387 e. The van der Waals surface area contributed by atoms with Crippen LogP contribution in [0.4, 0.5) is 0 Å². The van der Waals surface area contributed by atoms with E-state index in [0.29, 0.717) is 6.42 Å². The minimum atomic E-state index is -0.416. The third-order valence-electron chi connectivity index (χ3n) is 1.96. The van der Waals surface area contributed by atoms with Crippen LogP contribution in [-0.2, 0) is 0 Å². The van der Waals surface area contributed by atoms with Crippen LogP contribution in [0.2, 0.25) is 0 Å². The van der Waals surface area contributed by atoms with Crippen molar-refractivity contribution in [1.29, 1.82) is 0 Å². The summed E-state index contributed by atoms with van der Waals surface area (Å²) in [5.41, 5.74) is 0.772. The van der Waals surface area contributed by atoms with Crippen LogP contribution in [0.5, 0.6) is 0 Å². The van der Waals surface area contributed by atoms with Gasteiger partial charge in [0.15, 0.2) is 0 Å². The number of aliphatic hydroxyl groups excluding tert-OH is 1. The van der Waals surface area contributed by atoms with E-state index in [1.807, 2.05) is 25.3 Å². The zero-order chi connectivity index (χ0) is 10.4. The first-order chi connectivity index (χ1) is 6.77. The monoisotopic (exact) mass is 211 g/mol. The lowest BCUT2D eigenvalue weighted by Gasteiger charge is -2.07. The highest BCUT2D eigenvalue weighted by Gasteiger charge is 2.05. The predicted octanol–water partition coefficient (Wildman–Crippen LogP) is 3.03. The Morgan fingerprint density at radius 1 is 1.43 bits per heavy atom. The van der Waals surface area contributed by atoms with Gasteiger partial charge in [-0.15, -0.1) is 11.8 Å².